The van der Waals surface area contributed by atoms with Gasteiger partial charge in [0, 0.05) is 44.1 Å². The van der Waals surface area contributed by atoms with E-state index in [0.717, 1.165) is 67.2 Å². The van der Waals surface area contributed by atoms with E-state index in [4.69, 9.17) is 34.6 Å². The van der Waals surface area contributed by atoms with Crippen LogP contribution in [0.1, 0.15) is 194 Å². The van der Waals surface area contributed by atoms with Crippen molar-refractivity contribution < 1.29 is 83.3 Å². The van der Waals surface area contributed by atoms with Gasteiger partial charge in [0.2, 0.25) is 43.7 Å². The third-order valence-corrected chi connectivity index (χ3v) is 23.6. The van der Waals surface area contributed by atoms with Gasteiger partial charge in [-0.15, -0.1) is 0 Å². The molecule has 99 heavy (non-hydrogen) atoms. The molecule has 10 atom stereocenters. The number of carbonyl (C=O) groups excluding carboxylic acids is 8. The third kappa shape index (κ3) is 18.9. The van der Waals surface area contributed by atoms with Crippen molar-refractivity contribution in [2.45, 2.75) is 243 Å². The molecule has 4 aliphatic carbocycles. The summed E-state index contributed by atoms with van der Waals surface area (Å²) in [5, 5.41) is 9.49. The highest BCUT2D eigenvalue weighted by Gasteiger charge is 2.63. The van der Waals surface area contributed by atoms with Gasteiger partial charge < -0.3 is 38.0 Å². The van der Waals surface area contributed by atoms with Gasteiger partial charge in [0.1, 0.15) is 28.3 Å². The monoisotopic (exact) mass is 1430 g/mol. The average Bonchev–Trinajstić information content (AvgIpc) is 1.58. The molecule has 6 fully saturated rings. The number of amides is 4. The summed E-state index contributed by atoms with van der Waals surface area (Å²) in [6.45, 7) is 14.5. The molecule has 0 spiro atoms. The van der Waals surface area contributed by atoms with E-state index in [-0.39, 0.29) is 98.3 Å². The van der Waals surface area contributed by atoms with Crippen LogP contribution >= 0.6 is 11.6 Å². The number of sulfonamides is 2. The number of nitrogens with one attached hydrogen (secondary N) is 2. The number of ether oxygens (including phenoxy) is 3. The lowest BCUT2D eigenvalue weighted by Crippen LogP contribution is -2.46. The first kappa shape index (κ1) is 74.7. The highest BCUT2D eigenvalue weighted by molar-refractivity contribution is 7.91. The van der Waals surface area contributed by atoms with Crippen molar-refractivity contribution in [3.05, 3.63) is 77.2 Å². The van der Waals surface area contributed by atoms with Crippen molar-refractivity contribution in [2.24, 2.45) is 34.5 Å². The summed E-state index contributed by atoms with van der Waals surface area (Å²) in [4.78, 5) is 120. The first-order valence-corrected chi connectivity index (χ1v) is 38.4. The predicted octanol–water partition coefficient (Wildman–Crippen LogP) is 10.1. The summed E-state index contributed by atoms with van der Waals surface area (Å²) in [5.41, 5.74) is 0.947. The number of aryl methyl sites for hydroxylation is 2. The van der Waals surface area contributed by atoms with Gasteiger partial charge in [-0.3, -0.25) is 47.8 Å². The lowest BCUT2D eigenvalue weighted by atomic mass is 9.90. The standard InChI is InChI=1S/C36H47N3O9S.C28H42N2O8S.C8H6ClNO/c1-22-11-10-14-29-31(22)37-34(47-29)46-25-18-27-28(40)20-36(33(43)38-49(44,45)26-15-16-26)19-24(36)13-9-7-5-6-8-12-23(32(42)39(27)21-25)17-30(41)48-35(2,3)4;1-27(2,3)38-24(33)13-18-9-7-5-4-6-8-10-19-15-28(19,26(35)29-39(36,37)21-11-12-21)16-23(32)22-14-20(31)17-30(22)25(18)34;1-5-3-2-4-6-7(5)10-8(9)11-6/h9-11,13-14,23-27H,5-8,12,15-21H2,1-4H3,(H,38,43);8,10,18-22,31H,4-7,9,11-17H2,1-3H3,(H,29,35);2-4H,1H3/b13-9-;10-8-;/t23-,24-,25-,27+,36-;18-,19-,20-,22+,28-;/m11./s1. The largest absolute Gasteiger partial charge is 0.460 e. The zero-order valence-corrected chi connectivity index (χ0v) is 60.3. The summed E-state index contributed by atoms with van der Waals surface area (Å²) in [7, 11) is -7.61. The van der Waals surface area contributed by atoms with E-state index < -0.39 is 112 Å². The van der Waals surface area contributed by atoms with Crippen LogP contribution in [0.2, 0.25) is 5.35 Å². The maximum Gasteiger partial charge on any atom is 0.395 e. The van der Waals surface area contributed by atoms with Crippen molar-refractivity contribution in [2.75, 3.05) is 13.1 Å². The van der Waals surface area contributed by atoms with Crippen LogP contribution < -0.4 is 14.2 Å². The van der Waals surface area contributed by atoms with Crippen LogP contribution in [0, 0.1) is 48.3 Å². The summed E-state index contributed by atoms with van der Waals surface area (Å²) >= 11 is 5.58. The number of esters is 2. The number of ketones is 2. The molecular weight excluding hydrogens is 1340 g/mol. The second-order valence-electron chi connectivity index (χ2n) is 30.3. The summed E-state index contributed by atoms with van der Waals surface area (Å²) in [6.07, 6.45) is 15.7. The highest BCUT2D eigenvalue weighted by atomic mass is 35.5. The lowest BCUT2D eigenvalue weighted by molar-refractivity contribution is -0.159. The fourth-order valence-corrected chi connectivity index (χ4v) is 17.0. The Morgan fingerprint density at radius 3 is 1.51 bits per heavy atom. The Bertz CT molecular complexity index is 4010. The maximum absolute atomic E-state index is 14.4. The van der Waals surface area contributed by atoms with Crippen molar-refractivity contribution in [1.29, 1.82) is 0 Å². The number of hydrogen-bond donors (Lipinski definition) is 3. The number of aliphatic hydroxyl groups is 1. The molecule has 12 rings (SSSR count). The number of halogens is 1. The molecule has 24 nitrogen and oxygen atoms in total. The number of nitrogens with zero attached hydrogens (tertiary/aromatic N) is 4. The molecule has 0 bridgehead atoms. The summed E-state index contributed by atoms with van der Waals surface area (Å²) in [6, 6.07) is 9.39. The Hall–Kier alpha value is -7.03. The zero-order valence-electron chi connectivity index (χ0n) is 57.9. The van der Waals surface area contributed by atoms with Gasteiger partial charge in [-0.25, -0.2) is 16.8 Å². The molecule has 3 N–H and O–H groups in total. The number of allylic oxidation sites excluding steroid dienone is 4. The third-order valence-electron chi connectivity index (χ3n) is 19.8. The van der Waals surface area contributed by atoms with Gasteiger partial charge in [0.05, 0.1) is 58.9 Å². The molecule has 4 aliphatic heterocycles. The van der Waals surface area contributed by atoms with Gasteiger partial charge in [0.15, 0.2) is 22.7 Å². The Morgan fingerprint density at radius 1 is 0.616 bits per heavy atom. The minimum absolute atomic E-state index is 0.0239. The molecule has 0 radical (unpaired) electrons. The number of rotatable bonds is 12. The SMILES string of the molecule is CC(C)(C)OC(=O)C[C@H]1CCCCC/C=C\[C@@H]2C[C@@]2(C(=O)NS(=O)(=O)C2CC2)CC(=O)[C@@H]2C[C@@H](O)CN2C1=O.Cc1cccc2oc(Cl)nc12.Cc1cccc2oc(O[C@@H]3C[C@H]4C(=O)C[C@]5(C(=O)NS(=O)(=O)C6CC6)C[C@H]5/C=C\CCCCC[C@H](CC(=O)OC(C)(C)C)C(=O)N4C3)nc12. The second-order valence-corrected chi connectivity index (χ2v) is 34.6. The number of aromatic nitrogens is 2. The number of para-hydroxylation sites is 2. The van der Waals surface area contributed by atoms with Crippen LogP contribution in [0.4, 0.5) is 0 Å². The van der Waals surface area contributed by atoms with Gasteiger partial charge in [-0.05, 0) is 179 Å². The molecule has 8 aliphatic rings. The molecule has 4 amide bonds. The number of carbonyl (C=O) groups is 8. The Kier molecular flexibility index (Phi) is 22.8. The Morgan fingerprint density at radius 2 is 1.06 bits per heavy atom. The van der Waals surface area contributed by atoms with E-state index in [1.807, 2.05) is 68.5 Å². The fraction of sp³-hybridized carbons (Fsp3) is 0.639. The highest BCUT2D eigenvalue weighted by Crippen LogP contribution is 2.59. The Balaban J connectivity index is 0.000000188. The van der Waals surface area contributed by atoms with E-state index in [9.17, 15) is 60.3 Å². The van der Waals surface area contributed by atoms with Crippen molar-refractivity contribution >= 4 is 101 Å². The quantitative estimate of drug-likeness (QED) is 0.0876. The molecule has 540 valence electrons. The minimum Gasteiger partial charge on any atom is -0.460 e. The van der Waals surface area contributed by atoms with E-state index in [0.29, 0.717) is 68.9 Å². The number of fused-ring (bicyclic) bond motifs is 6. The molecule has 27 heteroatoms. The topological polar surface area (TPSA) is 335 Å². The number of aliphatic hydroxyl groups excluding tert-OH is 1. The molecule has 2 aromatic carbocycles. The van der Waals surface area contributed by atoms with Crippen molar-refractivity contribution in [3.63, 3.8) is 0 Å². The number of hydrogen-bond acceptors (Lipinski definition) is 20. The van der Waals surface area contributed by atoms with Crippen LogP contribution in [0.5, 0.6) is 6.08 Å². The van der Waals surface area contributed by atoms with Gasteiger partial charge >= 0.3 is 18.0 Å². The molecular formula is C72H95ClN6O18S2. The summed E-state index contributed by atoms with van der Waals surface area (Å²) in [5.74, 6) is -5.72. The van der Waals surface area contributed by atoms with Crippen LogP contribution in [0.3, 0.4) is 0 Å². The Labute approximate surface area is 584 Å². The average molecular weight is 1430 g/mol. The first-order chi connectivity index (χ1) is 46.6. The van der Waals surface area contributed by atoms with Gasteiger partial charge in [0.25, 0.3) is 5.35 Å². The van der Waals surface area contributed by atoms with Crippen LogP contribution in [-0.4, -0.2) is 148 Å². The number of Topliss-reactive ketones (excluding diaryl/α,β-unsaturated/α-hetero) is 2. The molecule has 2 aromatic heterocycles. The van der Waals surface area contributed by atoms with Crippen molar-refractivity contribution in [1.82, 2.24) is 29.2 Å². The molecule has 6 heterocycles. The number of benzene rings is 2. The van der Waals surface area contributed by atoms with E-state index in [2.05, 4.69) is 19.4 Å². The lowest BCUT2D eigenvalue weighted by Gasteiger charge is -2.29. The molecule has 4 aromatic rings. The molecule has 0 unspecified atom stereocenters. The van der Waals surface area contributed by atoms with E-state index >= 15 is 0 Å². The zero-order chi connectivity index (χ0) is 71.6. The van der Waals surface area contributed by atoms with Gasteiger partial charge in [-0.2, -0.15) is 9.97 Å². The van der Waals surface area contributed by atoms with E-state index in [1.54, 1.807) is 47.6 Å². The molecule has 2 saturated heterocycles. The van der Waals surface area contributed by atoms with Crippen LogP contribution in [0.25, 0.3) is 22.2 Å². The predicted molar refractivity (Wildman–Crippen MR) is 366 cm³/mol. The second kappa shape index (κ2) is 30.3. The van der Waals surface area contributed by atoms with Crippen LogP contribution in [-0.2, 0) is 67.9 Å². The van der Waals surface area contributed by atoms with Crippen molar-refractivity contribution in [3.8, 4) is 6.08 Å². The normalized spacial score (nSPS) is 28.6. The van der Waals surface area contributed by atoms with Gasteiger partial charge in [-0.1, -0.05) is 74.3 Å². The smallest absolute Gasteiger partial charge is 0.395 e. The number of oxazole rings is 2. The van der Waals surface area contributed by atoms with Crippen LogP contribution in [0.15, 0.2) is 69.5 Å². The molecule has 4 saturated carbocycles. The fourth-order valence-electron chi connectivity index (χ4n) is 14.1. The summed E-state index contributed by atoms with van der Waals surface area (Å²) < 4.78 is 83.2. The maximum atomic E-state index is 14.4. The van der Waals surface area contributed by atoms with E-state index in [1.165, 1.54) is 9.80 Å². The minimum atomic E-state index is -3.83. The first-order valence-electron chi connectivity index (χ1n) is 34.9.